The molecule has 1 aliphatic rings. The number of amides is 1. The van der Waals surface area contributed by atoms with E-state index in [1.807, 2.05) is 71.5 Å². The number of anilines is 2. The molecule has 48 heavy (non-hydrogen) atoms. The number of pyridine rings is 1. The van der Waals surface area contributed by atoms with Crippen molar-refractivity contribution in [1.82, 2.24) is 19.7 Å². The van der Waals surface area contributed by atoms with Gasteiger partial charge in [0.05, 0.1) is 16.4 Å². The van der Waals surface area contributed by atoms with Gasteiger partial charge in [-0.1, -0.05) is 86.7 Å². The van der Waals surface area contributed by atoms with E-state index in [-0.39, 0.29) is 17.0 Å². The van der Waals surface area contributed by atoms with Crippen LogP contribution in [0.1, 0.15) is 63.9 Å². The molecule has 0 atom stereocenters. The van der Waals surface area contributed by atoms with Crippen molar-refractivity contribution in [3.63, 3.8) is 0 Å². The van der Waals surface area contributed by atoms with Crippen molar-refractivity contribution in [3.8, 4) is 11.1 Å². The van der Waals surface area contributed by atoms with Gasteiger partial charge in [-0.3, -0.25) is 14.8 Å². The van der Waals surface area contributed by atoms with Crippen LogP contribution in [-0.2, 0) is 31.3 Å². The smallest absolute Gasteiger partial charge is 0.355 e. The van der Waals surface area contributed by atoms with Gasteiger partial charge < -0.3 is 10.0 Å². The molecule has 10 heteroatoms. The third-order valence-corrected chi connectivity index (χ3v) is 9.72. The molecule has 0 saturated heterocycles. The van der Waals surface area contributed by atoms with E-state index in [1.54, 1.807) is 6.20 Å². The number of thiazole rings is 1. The molecule has 2 N–H and O–H groups in total. The van der Waals surface area contributed by atoms with E-state index in [9.17, 15) is 14.7 Å². The Morgan fingerprint density at radius 3 is 2.54 bits per heavy atom. The second-order valence-electron chi connectivity index (χ2n) is 13.1. The minimum absolute atomic E-state index is 0.00676. The Kier molecular flexibility index (Phi) is 8.26. The highest BCUT2D eigenvalue weighted by Gasteiger charge is 2.30. The standard InChI is InChI=1S/C38H36N6O3S/c1-38(2,3)29-20-32(41-34(36(46)47)33(29)26-21-39-44(22-26)19-16-24-10-5-4-6-11-24)43-18-17-25-12-9-13-27(28(25)23-43)35(45)42-37-40-30-14-7-8-15-31(30)48-37/h4-15,20-22H,16-19,23H2,1-3H3,(H,46,47)(H,40,42,45). The largest absolute Gasteiger partial charge is 0.476 e. The van der Waals surface area contributed by atoms with Crippen LogP contribution in [0.3, 0.4) is 0 Å². The van der Waals surface area contributed by atoms with Gasteiger partial charge in [0.15, 0.2) is 10.8 Å². The maximum absolute atomic E-state index is 13.6. The first kappa shape index (κ1) is 31.3. The lowest BCUT2D eigenvalue weighted by molar-refractivity contribution is 0.0691. The van der Waals surface area contributed by atoms with Gasteiger partial charge in [-0.15, -0.1) is 0 Å². The summed E-state index contributed by atoms with van der Waals surface area (Å²) in [7, 11) is 0. The van der Waals surface area contributed by atoms with E-state index >= 15 is 0 Å². The van der Waals surface area contributed by atoms with Crippen LogP contribution in [0.25, 0.3) is 21.3 Å². The van der Waals surface area contributed by atoms with Crippen LogP contribution in [0, 0.1) is 0 Å². The van der Waals surface area contributed by atoms with Crippen molar-refractivity contribution in [2.45, 2.75) is 52.1 Å². The molecule has 3 aromatic heterocycles. The van der Waals surface area contributed by atoms with Crippen molar-refractivity contribution in [1.29, 1.82) is 0 Å². The summed E-state index contributed by atoms with van der Waals surface area (Å²) in [6.07, 6.45) is 5.15. The van der Waals surface area contributed by atoms with Crippen molar-refractivity contribution in [3.05, 3.63) is 125 Å². The predicted octanol–water partition coefficient (Wildman–Crippen LogP) is 7.61. The van der Waals surface area contributed by atoms with Gasteiger partial charge in [0.2, 0.25) is 0 Å². The van der Waals surface area contributed by atoms with Crippen molar-refractivity contribution in [2.24, 2.45) is 0 Å². The molecule has 0 unspecified atom stereocenters. The third kappa shape index (κ3) is 6.31. The molecule has 1 aliphatic heterocycles. The average Bonchev–Trinajstić information content (AvgIpc) is 3.73. The van der Waals surface area contributed by atoms with Crippen LogP contribution in [-0.4, -0.2) is 43.3 Å². The van der Waals surface area contributed by atoms with Gasteiger partial charge >= 0.3 is 5.97 Å². The Hall–Kier alpha value is -5.35. The van der Waals surface area contributed by atoms with Crippen LogP contribution in [0.4, 0.5) is 10.9 Å². The molecule has 0 saturated carbocycles. The number of nitrogens with zero attached hydrogens (tertiary/aromatic N) is 5. The number of carbonyl (C=O) groups excluding carboxylic acids is 1. The summed E-state index contributed by atoms with van der Waals surface area (Å²) >= 11 is 1.44. The highest BCUT2D eigenvalue weighted by molar-refractivity contribution is 7.22. The molecule has 3 aromatic carbocycles. The van der Waals surface area contributed by atoms with Crippen molar-refractivity contribution < 1.29 is 14.7 Å². The van der Waals surface area contributed by atoms with Crippen LogP contribution >= 0.6 is 11.3 Å². The molecule has 9 nitrogen and oxygen atoms in total. The Bertz CT molecular complexity index is 2110. The maximum atomic E-state index is 13.6. The molecule has 1 amide bonds. The summed E-state index contributed by atoms with van der Waals surface area (Å²) in [5.41, 5.74) is 6.41. The Balaban J connectivity index is 1.20. The average molecular weight is 657 g/mol. The molecule has 0 aliphatic carbocycles. The molecule has 0 fully saturated rings. The fourth-order valence-electron chi connectivity index (χ4n) is 6.31. The minimum Gasteiger partial charge on any atom is -0.476 e. The highest BCUT2D eigenvalue weighted by atomic mass is 32.1. The lowest BCUT2D eigenvalue weighted by Gasteiger charge is -2.33. The molecule has 0 spiro atoms. The van der Waals surface area contributed by atoms with Gasteiger partial charge in [-0.25, -0.2) is 14.8 Å². The summed E-state index contributed by atoms with van der Waals surface area (Å²) < 4.78 is 2.86. The first-order valence-corrected chi connectivity index (χ1v) is 16.8. The summed E-state index contributed by atoms with van der Waals surface area (Å²) in [5.74, 6) is -0.741. The lowest BCUT2D eigenvalue weighted by atomic mass is 9.81. The van der Waals surface area contributed by atoms with E-state index in [2.05, 4.69) is 59.3 Å². The lowest BCUT2D eigenvalue weighted by Crippen LogP contribution is -2.33. The zero-order valence-electron chi connectivity index (χ0n) is 27.1. The molecule has 0 bridgehead atoms. The number of hydrogen-bond acceptors (Lipinski definition) is 7. The Labute approximate surface area is 282 Å². The van der Waals surface area contributed by atoms with Crippen LogP contribution in [0.15, 0.2) is 91.3 Å². The van der Waals surface area contributed by atoms with Gasteiger partial charge in [0.1, 0.15) is 5.82 Å². The van der Waals surface area contributed by atoms with Gasteiger partial charge in [0.25, 0.3) is 5.91 Å². The fraction of sp³-hybridized carbons (Fsp3) is 0.237. The van der Waals surface area contributed by atoms with Crippen molar-refractivity contribution in [2.75, 3.05) is 16.8 Å². The summed E-state index contributed by atoms with van der Waals surface area (Å²) in [6.45, 7) is 7.98. The summed E-state index contributed by atoms with van der Waals surface area (Å²) in [6, 6.07) is 25.8. The van der Waals surface area contributed by atoms with E-state index < -0.39 is 5.97 Å². The number of carboxylic acids is 1. The number of para-hydroxylation sites is 1. The molecular weight excluding hydrogens is 621 g/mol. The predicted molar refractivity (Wildman–Crippen MR) is 190 cm³/mol. The van der Waals surface area contributed by atoms with E-state index in [4.69, 9.17) is 4.98 Å². The van der Waals surface area contributed by atoms with E-state index in [0.717, 1.165) is 38.9 Å². The Morgan fingerprint density at radius 1 is 0.979 bits per heavy atom. The highest BCUT2D eigenvalue weighted by Crippen LogP contribution is 2.38. The quantitative estimate of drug-likeness (QED) is 0.173. The first-order chi connectivity index (χ1) is 23.1. The molecular formula is C38H36N6O3S. The topological polar surface area (TPSA) is 113 Å². The van der Waals surface area contributed by atoms with Gasteiger partial charge in [-0.2, -0.15) is 5.10 Å². The zero-order valence-corrected chi connectivity index (χ0v) is 27.9. The van der Waals surface area contributed by atoms with E-state index in [1.165, 1.54) is 16.9 Å². The number of rotatable bonds is 8. The number of benzene rings is 3. The number of carboxylic acid groups (broad SMARTS) is 1. The fourth-order valence-corrected chi connectivity index (χ4v) is 7.18. The number of aromatic carboxylic acids is 1. The van der Waals surface area contributed by atoms with Gasteiger partial charge in [-0.05, 0) is 64.8 Å². The van der Waals surface area contributed by atoms with Crippen LogP contribution < -0.4 is 10.2 Å². The molecule has 4 heterocycles. The maximum Gasteiger partial charge on any atom is 0.355 e. The first-order valence-electron chi connectivity index (χ1n) is 16.0. The minimum atomic E-state index is -1.09. The Morgan fingerprint density at radius 2 is 1.77 bits per heavy atom. The molecule has 6 aromatic rings. The number of aromatic nitrogens is 4. The number of nitrogens with one attached hydrogen (secondary N) is 1. The van der Waals surface area contributed by atoms with Crippen molar-refractivity contribution >= 4 is 44.4 Å². The van der Waals surface area contributed by atoms with Crippen LogP contribution in [0.5, 0.6) is 0 Å². The second-order valence-corrected chi connectivity index (χ2v) is 14.1. The van der Waals surface area contributed by atoms with Gasteiger partial charge in [0, 0.05) is 42.5 Å². The monoisotopic (exact) mass is 656 g/mol. The molecule has 0 radical (unpaired) electrons. The second kappa shape index (κ2) is 12.7. The number of hydrogen-bond donors (Lipinski definition) is 2. The zero-order chi connectivity index (χ0) is 33.4. The molecule has 242 valence electrons. The van der Waals surface area contributed by atoms with Crippen LogP contribution in [0.2, 0.25) is 0 Å². The van der Waals surface area contributed by atoms with E-state index in [0.29, 0.717) is 48.1 Å². The molecule has 7 rings (SSSR count). The summed E-state index contributed by atoms with van der Waals surface area (Å²) in [4.78, 5) is 37.9. The third-order valence-electron chi connectivity index (χ3n) is 8.77. The SMILES string of the molecule is CC(C)(C)c1cc(N2CCc3cccc(C(=O)Nc4nc5ccccc5s4)c3C2)nc(C(=O)O)c1-c1cnn(CCc2ccccc2)c1. The normalized spacial score (nSPS) is 13.0. The number of aryl methyl sites for hydroxylation is 2. The summed E-state index contributed by atoms with van der Waals surface area (Å²) in [5, 5.41) is 18.6. The number of fused-ring (bicyclic) bond motifs is 2. The number of carbonyl (C=O) groups is 2.